The van der Waals surface area contributed by atoms with Crippen molar-refractivity contribution in [3.05, 3.63) is 49.1 Å². The maximum absolute atomic E-state index is 4.28. The van der Waals surface area contributed by atoms with Gasteiger partial charge in [0.1, 0.15) is 7.05 Å². The monoisotopic (exact) mass is 466 g/mol. The van der Waals surface area contributed by atoms with Crippen LogP contribution in [0.4, 0.5) is 0 Å². The van der Waals surface area contributed by atoms with E-state index in [2.05, 4.69) is 53.3 Å². The molecule has 5 nitrogen and oxygen atoms in total. The molecule has 21 heavy (non-hydrogen) atoms. The van der Waals surface area contributed by atoms with Crippen LogP contribution in [-0.2, 0) is 28.1 Å². The van der Waals surface area contributed by atoms with Crippen molar-refractivity contribution >= 4 is 32.3 Å². The molecule has 0 saturated heterocycles. The molecular formula is C15H19N4OPt+3. The number of aryl methyl sites for hydroxylation is 1. The van der Waals surface area contributed by atoms with Crippen LogP contribution >= 0.6 is 0 Å². The van der Waals surface area contributed by atoms with Crippen LogP contribution in [0.5, 0.6) is 0 Å². The largest absolute Gasteiger partial charge is 2.00 e. The van der Waals surface area contributed by atoms with Gasteiger partial charge >= 0.3 is 21.1 Å². The van der Waals surface area contributed by atoms with Crippen molar-refractivity contribution in [2.45, 2.75) is 0 Å². The van der Waals surface area contributed by atoms with Crippen molar-refractivity contribution in [2.75, 3.05) is 0 Å². The first-order valence-electron chi connectivity index (χ1n) is 5.71. The third-order valence-corrected chi connectivity index (χ3v) is 3.40. The summed E-state index contributed by atoms with van der Waals surface area (Å²) in [6.45, 7) is 0. The fourth-order valence-corrected chi connectivity index (χ4v) is 2.71. The molecule has 0 aliphatic heterocycles. The molecule has 0 spiro atoms. The van der Waals surface area contributed by atoms with E-state index in [1.807, 2.05) is 12.4 Å². The molecule has 4 rings (SSSR count). The molecule has 0 atom stereocenters. The first-order valence-corrected chi connectivity index (χ1v) is 5.71. The first-order chi connectivity index (χ1) is 8.33. The standard InChI is InChI=1S/C15H11N2.2H3N.H2O.Pt/c1-17-8-12-4-2-10-6-16-7-11-3-5-13(9-17)15(12)14(10)11;;;;/h2-9H,1H3;2*1H3;1H2;/q+1;;;;+2. The number of hydrogen-bond acceptors (Lipinski definition) is 3. The van der Waals surface area contributed by atoms with Gasteiger partial charge in [-0.15, -0.1) is 0 Å². The fraction of sp³-hybridized carbons (Fsp3) is 0.0667. The molecule has 6 heteroatoms. The summed E-state index contributed by atoms with van der Waals surface area (Å²) < 4.78 is 2.11. The second kappa shape index (κ2) is 6.87. The summed E-state index contributed by atoms with van der Waals surface area (Å²) in [7, 11) is 2.07. The maximum atomic E-state index is 4.28. The SMILES string of the molecule is C[n+]1cc2ccc3cncc4ccc(c1)c2c34.N.N.O.[Pt+2]. The van der Waals surface area contributed by atoms with Crippen LogP contribution in [-0.4, -0.2) is 10.5 Å². The normalized spacial score (nSPS) is 9.57. The molecule has 8 N–H and O–H groups in total. The van der Waals surface area contributed by atoms with Crippen molar-refractivity contribution in [2.24, 2.45) is 7.05 Å². The molecule has 0 unspecified atom stereocenters. The summed E-state index contributed by atoms with van der Waals surface area (Å²) in [5, 5.41) is 7.68. The maximum Gasteiger partial charge on any atom is 2.00 e. The molecule has 0 saturated carbocycles. The van der Waals surface area contributed by atoms with E-state index in [-0.39, 0.29) is 38.8 Å². The Kier molecular flexibility index (Phi) is 6.33. The zero-order valence-electron chi connectivity index (χ0n) is 11.7. The summed E-state index contributed by atoms with van der Waals surface area (Å²) in [6, 6.07) is 8.64. The quantitative estimate of drug-likeness (QED) is 0.306. The third-order valence-electron chi connectivity index (χ3n) is 3.40. The molecule has 112 valence electrons. The number of pyridine rings is 2. The van der Waals surface area contributed by atoms with Gasteiger partial charge in [0.25, 0.3) is 0 Å². The van der Waals surface area contributed by atoms with Gasteiger partial charge in [0, 0.05) is 44.7 Å². The number of aromatic nitrogens is 2. The predicted octanol–water partition coefficient (Wildman–Crippen LogP) is 2.30. The number of nitrogens with zero attached hydrogens (tertiary/aromatic N) is 2. The van der Waals surface area contributed by atoms with Gasteiger partial charge in [-0.1, -0.05) is 12.1 Å². The van der Waals surface area contributed by atoms with Gasteiger partial charge in [-0.05, 0) is 12.1 Å². The average molecular weight is 466 g/mol. The fourth-order valence-electron chi connectivity index (χ4n) is 2.71. The van der Waals surface area contributed by atoms with Gasteiger partial charge in [-0.3, -0.25) is 4.98 Å². The Morgan fingerprint density at radius 3 is 1.62 bits per heavy atom. The Labute approximate surface area is 137 Å². The summed E-state index contributed by atoms with van der Waals surface area (Å²) in [4.78, 5) is 4.28. The van der Waals surface area contributed by atoms with E-state index >= 15 is 0 Å². The van der Waals surface area contributed by atoms with Gasteiger partial charge in [0.05, 0.1) is 0 Å². The van der Waals surface area contributed by atoms with Crippen molar-refractivity contribution in [1.29, 1.82) is 0 Å². The first kappa shape index (κ1) is 19.3. The molecule has 0 radical (unpaired) electrons. The smallest absolute Gasteiger partial charge is 0.412 e. The molecule has 0 amide bonds. The van der Waals surface area contributed by atoms with E-state index in [0.29, 0.717) is 0 Å². The Hall–Kier alpha value is -1.65. The minimum Gasteiger partial charge on any atom is -0.412 e. The van der Waals surface area contributed by atoms with Gasteiger partial charge in [-0.25, -0.2) is 4.57 Å². The van der Waals surface area contributed by atoms with Crippen LogP contribution in [0.3, 0.4) is 0 Å². The number of rotatable bonds is 0. The molecule has 0 aliphatic rings. The van der Waals surface area contributed by atoms with Gasteiger partial charge in [0.15, 0.2) is 12.4 Å². The number of benzene rings is 2. The van der Waals surface area contributed by atoms with Crippen LogP contribution in [0.2, 0.25) is 0 Å². The Balaban J connectivity index is 0.000001000. The van der Waals surface area contributed by atoms with Crippen LogP contribution in [0.25, 0.3) is 32.3 Å². The van der Waals surface area contributed by atoms with E-state index in [4.69, 9.17) is 0 Å². The molecule has 0 bridgehead atoms. The second-order valence-electron chi connectivity index (χ2n) is 4.57. The van der Waals surface area contributed by atoms with Crippen LogP contribution in [0.15, 0.2) is 49.1 Å². The van der Waals surface area contributed by atoms with E-state index < -0.39 is 0 Å². The van der Waals surface area contributed by atoms with Crippen LogP contribution in [0.1, 0.15) is 0 Å². The molecule has 4 aromatic rings. The molecule has 0 aliphatic carbocycles. The van der Waals surface area contributed by atoms with Crippen molar-refractivity contribution in [3.8, 4) is 0 Å². The van der Waals surface area contributed by atoms with E-state index in [1.54, 1.807) is 0 Å². The second-order valence-corrected chi connectivity index (χ2v) is 4.57. The Morgan fingerprint density at radius 1 is 0.762 bits per heavy atom. The summed E-state index contributed by atoms with van der Waals surface area (Å²) in [5.41, 5.74) is 0. The van der Waals surface area contributed by atoms with Crippen LogP contribution < -0.4 is 16.9 Å². The number of hydrogen-bond donors (Lipinski definition) is 2. The van der Waals surface area contributed by atoms with Crippen molar-refractivity contribution < 1.29 is 31.1 Å². The molecule has 2 heterocycles. The van der Waals surface area contributed by atoms with Crippen molar-refractivity contribution in [3.63, 3.8) is 0 Å². The summed E-state index contributed by atoms with van der Waals surface area (Å²) >= 11 is 0. The minimum atomic E-state index is 0. The van der Waals surface area contributed by atoms with E-state index in [1.165, 1.54) is 32.3 Å². The topological polar surface area (TPSA) is 118 Å². The van der Waals surface area contributed by atoms with Gasteiger partial charge < -0.3 is 17.8 Å². The van der Waals surface area contributed by atoms with Crippen molar-refractivity contribution in [1.82, 2.24) is 17.3 Å². The van der Waals surface area contributed by atoms with E-state index in [0.717, 1.165) is 0 Å². The predicted molar refractivity (Wildman–Crippen MR) is 82.8 cm³/mol. The Morgan fingerprint density at radius 2 is 1.14 bits per heavy atom. The van der Waals surface area contributed by atoms with Gasteiger partial charge in [-0.2, -0.15) is 0 Å². The Bertz CT molecular complexity index is 802. The zero-order valence-corrected chi connectivity index (χ0v) is 14.0. The molecular weight excluding hydrogens is 447 g/mol. The summed E-state index contributed by atoms with van der Waals surface area (Å²) in [6.07, 6.45) is 8.21. The molecule has 0 fully saturated rings. The average Bonchev–Trinajstić information content (AvgIpc) is 2.35. The minimum absolute atomic E-state index is 0. The van der Waals surface area contributed by atoms with Crippen LogP contribution in [0, 0.1) is 0 Å². The summed E-state index contributed by atoms with van der Waals surface area (Å²) in [5.74, 6) is 0. The van der Waals surface area contributed by atoms with E-state index in [9.17, 15) is 0 Å². The third kappa shape index (κ3) is 2.73. The molecule has 2 aromatic heterocycles. The van der Waals surface area contributed by atoms with Gasteiger partial charge in [0.2, 0.25) is 0 Å². The zero-order chi connectivity index (χ0) is 11.4. The molecule has 2 aromatic carbocycles.